The van der Waals surface area contributed by atoms with Crippen LogP contribution in [0.4, 0.5) is 0 Å². The molecule has 0 bridgehead atoms. The lowest BCUT2D eigenvalue weighted by molar-refractivity contribution is 0.285. The summed E-state index contributed by atoms with van der Waals surface area (Å²) in [5.74, 6) is 0.988. The highest BCUT2D eigenvalue weighted by atomic mass is 32.2. The predicted molar refractivity (Wildman–Crippen MR) is 115 cm³/mol. The molecule has 0 saturated heterocycles. The van der Waals surface area contributed by atoms with Crippen molar-refractivity contribution in [2.24, 2.45) is 0 Å². The molecular weight excluding hydrogens is 400 g/mol. The lowest BCUT2D eigenvalue weighted by Gasteiger charge is -2.36. The molecule has 0 saturated carbocycles. The summed E-state index contributed by atoms with van der Waals surface area (Å²) in [6.07, 6.45) is 2.00. The zero-order valence-corrected chi connectivity index (χ0v) is 18.0. The Morgan fingerprint density at radius 1 is 0.900 bits per heavy atom. The first-order valence-electron chi connectivity index (χ1n) is 10.2. The van der Waals surface area contributed by atoms with E-state index in [0.717, 1.165) is 11.3 Å². The zero-order chi connectivity index (χ0) is 21.1. The van der Waals surface area contributed by atoms with Gasteiger partial charge in [0, 0.05) is 31.0 Å². The molecule has 6 nitrogen and oxygen atoms in total. The number of nitrogens with zero attached hydrogens (tertiary/aromatic N) is 2. The fraction of sp³-hybridized carbons (Fsp3) is 0.304. The van der Waals surface area contributed by atoms with E-state index in [2.05, 4.69) is 4.57 Å². The van der Waals surface area contributed by atoms with E-state index >= 15 is 0 Å². The Morgan fingerprint density at radius 3 is 2.37 bits per heavy atom. The summed E-state index contributed by atoms with van der Waals surface area (Å²) in [6.45, 7) is 5.65. The Hall–Kier alpha value is -2.77. The predicted octanol–water partition coefficient (Wildman–Crippen LogP) is 4.08. The van der Waals surface area contributed by atoms with Gasteiger partial charge < -0.3 is 14.0 Å². The van der Waals surface area contributed by atoms with Gasteiger partial charge in [0.2, 0.25) is 10.0 Å². The van der Waals surface area contributed by atoms with Crippen LogP contribution >= 0.6 is 0 Å². The zero-order valence-electron chi connectivity index (χ0n) is 17.2. The molecule has 1 aliphatic rings. The van der Waals surface area contributed by atoms with Gasteiger partial charge >= 0.3 is 0 Å². The number of aromatic nitrogens is 1. The molecule has 1 atom stereocenters. The van der Waals surface area contributed by atoms with Gasteiger partial charge in [-0.05, 0) is 43.7 Å². The third-order valence-corrected chi connectivity index (χ3v) is 7.09. The summed E-state index contributed by atoms with van der Waals surface area (Å²) in [7, 11) is -3.77. The minimum atomic E-state index is -3.77. The number of rotatable bonds is 7. The van der Waals surface area contributed by atoms with Crippen LogP contribution in [0.25, 0.3) is 0 Å². The Kier molecular flexibility index (Phi) is 5.83. The van der Waals surface area contributed by atoms with Gasteiger partial charge in [0.25, 0.3) is 0 Å². The second-order valence-electron chi connectivity index (χ2n) is 7.03. The van der Waals surface area contributed by atoms with Crippen molar-refractivity contribution in [3.63, 3.8) is 0 Å². The van der Waals surface area contributed by atoms with Crippen LogP contribution < -0.4 is 9.47 Å². The Morgan fingerprint density at radius 2 is 1.63 bits per heavy atom. The van der Waals surface area contributed by atoms with Crippen LogP contribution in [-0.4, -0.2) is 37.0 Å². The van der Waals surface area contributed by atoms with Crippen LogP contribution in [0.2, 0.25) is 0 Å². The molecular formula is C23H26N2O4S. The average molecular weight is 427 g/mol. The Balaban J connectivity index is 1.79. The maximum atomic E-state index is 13.7. The van der Waals surface area contributed by atoms with E-state index in [4.69, 9.17) is 9.47 Å². The molecule has 0 N–H and O–H groups in total. The summed E-state index contributed by atoms with van der Waals surface area (Å²) in [6, 6.07) is 18.2. The Labute approximate surface area is 177 Å². The van der Waals surface area contributed by atoms with Crippen molar-refractivity contribution in [3.8, 4) is 11.5 Å². The molecule has 7 heteroatoms. The number of ether oxygens (including phenoxy) is 2. The molecule has 0 amide bonds. The number of benzene rings is 2. The highest BCUT2D eigenvalue weighted by Gasteiger charge is 2.37. The molecule has 0 unspecified atom stereocenters. The van der Waals surface area contributed by atoms with E-state index in [1.54, 1.807) is 22.5 Å². The van der Waals surface area contributed by atoms with Gasteiger partial charge in [-0.1, -0.05) is 30.3 Å². The second kappa shape index (κ2) is 8.53. The lowest BCUT2D eigenvalue weighted by Crippen LogP contribution is -2.42. The largest absolute Gasteiger partial charge is 0.490 e. The maximum absolute atomic E-state index is 13.7. The molecule has 3 aromatic rings. The van der Waals surface area contributed by atoms with Crippen LogP contribution in [0.15, 0.2) is 71.8 Å². The second-order valence-corrected chi connectivity index (χ2v) is 8.92. The van der Waals surface area contributed by atoms with Gasteiger partial charge in [0.1, 0.15) is 0 Å². The van der Waals surface area contributed by atoms with Crippen LogP contribution in [-0.2, 0) is 16.6 Å². The molecule has 4 rings (SSSR count). The van der Waals surface area contributed by atoms with Crippen molar-refractivity contribution < 1.29 is 17.9 Å². The monoisotopic (exact) mass is 426 g/mol. The number of hydrogen-bond donors (Lipinski definition) is 0. The third-order valence-electron chi connectivity index (χ3n) is 5.23. The first-order valence-corrected chi connectivity index (χ1v) is 11.6. The fourth-order valence-corrected chi connectivity index (χ4v) is 5.52. The summed E-state index contributed by atoms with van der Waals surface area (Å²) < 4.78 is 42.5. The molecule has 2 aromatic carbocycles. The van der Waals surface area contributed by atoms with Crippen LogP contribution in [0.5, 0.6) is 11.5 Å². The van der Waals surface area contributed by atoms with Crippen molar-refractivity contribution in [1.29, 1.82) is 0 Å². The van der Waals surface area contributed by atoms with E-state index in [0.29, 0.717) is 37.8 Å². The molecule has 0 aliphatic carbocycles. The topological polar surface area (TPSA) is 60.8 Å². The molecule has 1 aromatic heterocycles. The molecule has 1 aliphatic heterocycles. The van der Waals surface area contributed by atoms with Gasteiger partial charge in [-0.2, -0.15) is 4.31 Å². The summed E-state index contributed by atoms with van der Waals surface area (Å²) in [4.78, 5) is 0.204. The SMILES string of the molecule is CCOc1ccc(S(=O)(=O)N2CCn3cccc3[C@@H]2c2ccccc2)cc1OCC. The molecule has 0 radical (unpaired) electrons. The summed E-state index contributed by atoms with van der Waals surface area (Å²) >= 11 is 0. The number of fused-ring (bicyclic) bond motifs is 1. The van der Waals surface area contributed by atoms with Gasteiger partial charge in [-0.15, -0.1) is 0 Å². The van der Waals surface area contributed by atoms with Gasteiger partial charge in [0.05, 0.1) is 24.2 Å². The van der Waals surface area contributed by atoms with Gasteiger partial charge in [0.15, 0.2) is 11.5 Å². The van der Waals surface area contributed by atoms with Crippen molar-refractivity contribution in [3.05, 3.63) is 78.1 Å². The van der Waals surface area contributed by atoms with Crippen molar-refractivity contribution in [2.75, 3.05) is 19.8 Å². The van der Waals surface area contributed by atoms with Crippen molar-refractivity contribution in [1.82, 2.24) is 8.87 Å². The average Bonchev–Trinajstić information content (AvgIpc) is 3.24. The summed E-state index contributed by atoms with van der Waals surface area (Å²) in [5.41, 5.74) is 1.91. The summed E-state index contributed by atoms with van der Waals surface area (Å²) in [5, 5.41) is 0. The van der Waals surface area contributed by atoms with Crippen molar-refractivity contribution in [2.45, 2.75) is 31.3 Å². The number of sulfonamides is 1. The van der Waals surface area contributed by atoms with Crippen LogP contribution in [0.3, 0.4) is 0 Å². The van der Waals surface area contributed by atoms with Crippen LogP contribution in [0.1, 0.15) is 31.1 Å². The van der Waals surface area contributed by atoms with E-state index in [-0.39, 0.29) is 10.9 Å². The third kappa shape index (κ3) is 3.70. The fourth-order valence-electron chi connectivity index (χ4n) is 3.92. The normalized spacial score (nSPS) is 16.8. The molecule has 30 heavy (non-hydrogen) atoms. The standard InChI is InChI=1S/C23H26N2O4S/c1-3-28-21-13-12-19(17-22(21)29-4-2)30(26,27)25-16-15-24-14-8-11-20(24)23(25)18-9-6-5-7-10-18/h5-14,17,23H,3-4,15-16H2,1-2H3/t23-/m0/s1. The minimum Gasteiger partial charge on any atom is -0.490 e. The highest BCUT2D eigenvalue weighted by molar-refractivity contribution is 7.89. The quantitative estimate of drug-likeness (QED) is 0.571. The van der Waals surface area contributed by atoms with Crippen molar-refractivity contribution >= 4 is 10.0 Å². The van der Waals surface area contributed by atoms with Gasteiger partial charge in [-0.25, -0.2) is 8.42 Å². The molecule has 2 heterocycles. The molecule has 0 fully saturated rings. The molecule has 0 spiro atoms. The smallest absolute Gasteiger partial charge is 0.244 e. The minimum absolute atomic E-state index is 0.204. The Bertz CT molecular complexity index is 1110. The lowest BCUT2D eigenvalue weighted by atomic mass is 10.0. The van der Waals surface area contributed by atoms with E-state index in [1.165, 1.54) is 0 Å². The van der Waals surface area contributed by atoms with Gasteiger partial charge in [-0.3, -0.25) is 0 Å². The highest BCUT2D eigenvalue weighted by Crippen LogP contribution is 2.38. The number of hydrogen-bond acceptors (Lipinski definition) is 4. The maximum Gasteiger partial charge on any atom is 0.244 e. The van der Waals surface area contributed by atoms with E-state index in [1.807, 2.05) is 62.5 Å². The van der Waals surface area contributed by atoms with Crippen LogP contribution in [0, 0.1) is 0 Å². The van der Waals surface area contributed by atoms with E-state index in [9.17, 15) is 8.42 Å². The molecule has 158 valence electrons. The first kappa shape index (κ1) is 20.5. The first-order chi connectivity index (χ1) is 14.6. The van der Waals surface area contributed by atoms with E-state index < -0.39 is 10.0 Å².